The van der Waals surface area contributed by atoms with Gasteiger partial charge in [-0.05, 0) is 11.6 Å². The monoisotopic (exact) mass is 467 g/mol. The van der Waals surface area contributed by atoms with E-state index in [0.29, 0.717) is 35.3 Å². The van der Waals surface area contributed by atoms with Gasteiger partial charge in [0.05, 0.1) is 29.3 Å². The van der Waals surface area contributed by atoms with E-state index in [1.807, 2.05) is 30.3 Å². The molecule has 32 heavy (non-hydrogen) atoms. The van der Waals surface area contributed by atoms with Crippen LogP contribution in [-0.2, 0) is 25.7 Å². The van der Waals surface area contributed by atoms with E-state index in [1.54, 1.807) is 31.4 Å². The van der Waals surface area contributed by atoms with Crippen LogP contribution in [0, 0.1) is 0 Å². The third-order valence-corrected chi connectivity index (χ3v) is 6.60. The van der Waals surface area contributed by atoms with E-state index in [4.69, 9.17) is 17.0 Å². The van der Waals surface area contributed by atoms with Crippen molar-refractivity contribution in [2.24, 2.45) is 0 Å². The third-order valence-electron chi connectivity index (χ3n) is 5.15. The number of hydrogen-bond donors (Lipinski definition) is 1. The summed E-state index contributed by atoms with van der Waals surface area (Å²) in [5.41, 5.74) is 2.48. The molecule has 3 amide bonds. The highest BCUT2D eigenvalue weighted by molar-refractivity contribution is 8.26. The summed E-state index contributed by atoms with van der Waals surface area (Å²) in [5, 5.41) is 2.84. The lowest BCUT2D eigenvalue weighted by Crippen LogP contribution is -2.38. The van der Waals surface area contributed by atoms with Crippen molar-refractivity contribution >= 4 is 57.3 Å². The van der Waals surface area contributed by atoms with Gasteiger partial charge in [0.25, 0.3) is 11.8 Å². The Morgan fingerprint density at radius 3 is 2.50 bits per heavy atom. The molecule has 2 heterocycles. The number of nitrogens with zero attached hydrogens (tertiary/aromatic N) is 2. The first-order valence-electron chi connectivity index (χ1n) is 10.00. The van der Waals surface area contributed by atoms with E-state index in [9.17, 15) is 14.4 Å². The quantitative estimate of drug-likeness (QED) is 0.498. The number of nitrogens with one attached hydrogen (secondary N) is 1. The summed E-state index contributed by atoms with van der Waals surface area (Å²) in [6, 6.07) is 16.7. The van der Waals surface area contributed by atoms with Crippen molar-refractivity contribution in [3.05, 3.63) is 70.6 Å². The van der Waals surface area contributed by atoms with Crippen molar-refractivity contribution in [2.75, 3.05) is 31.7 Å². The number of methoxy groups -OCH3 is 1. The molecule has 164 valence electrons. The van der Waals surface area contributed by atoms with Gasteiger partial charge in [0.15, 0.2) is 0 Å². The minimum absolute atomic E-state index is 0.143. The molecular weight excluding hydrogens is 446 g/mol. The number of fused-ring (bicyclic) bond motifs is 1. The Balaban J connectivity index is 1.57. The zero-order valence-corrected chi connectivity index (χ0v) is 19.0. The highest BCUT2D eigenvalue weighted by atomic mass is 32.2. The molecule has 0 unspecified atom stereocenters. The molecule has 4 rings (SSSR count). The number of para-hydroxylation sites is 1. The number of hydrogen-bond acceptors (Lipinski definition) is 6. The van der Waals surface area contributed by atoms with Gasteiger partial charge in [-0.1, -0.05) is 72.5 Å². The standard InChI is InChI=1S/C23H21N3O4S2/c1-30-12-11-25-22(29)20(32-23(25)31)19-16-9-5-6-10-17(16)26(21(19)28)14-18(27)24-13-15-7-3-2-4-8-15/h2-10H,11-14H2,1H3,(H,24,27). The summed E-state index contributed by atoms with van der Waals surface area (Å²) >= 11 is 6.46. The number of rotatable bonds is 7. The molecular formula is C23H21N3O4S2. The molecule has 2 aliphatic rings. The Morgan fingerprint density at radius 2 is 1.75 bits per heavy atom. The molecule has 9 heteroatoms. The first-order valence-corrected chi connectivity index (χ1v) is 11.2. The van der Waals surface area contributed by atoms with Gasteiger partial charge < -0.3 is 10.1 Å². The first kappa shape index (κ1) is 22.2. The molecule has 0 radical (unpaired) electrons. The Morgan fingerprint density at radius 1 is 1.03 bits per heavy atom. The van der Waals surface area contributed by atoms with Crippen molar-refractivity contribution in [1.29, 1.82) is 0 Å². The van der Waals surface area contributed by atoms with Gasteiger partial charge in [0.1, 0.15) is 10.9 Å². The van der Waals surface area contributed by atoms with Gasteiger partial charge >= 0.3 is 0 Å². The lowest BCUT2D eigenvalue weighted by atomic mass is 10.1. The van der Waals surface area contributed by atoms with Gasteiger partial charge in [-0.2, -0.15) is 0 Å². The van der Waals surface area contributed by atoms with Crippen LogP contribution in [0.15, 0.2) is 59.5 Å². The number of thiocarbonyl (C=S) groups is 1. The number of benzene rings is 2. The maximum atomic E-state index is 13.4. The SMILES string of the molecule is COCCN1C(=O)C(=C2C(=O)N(CC(=O)NCc3ccccc3)c3ccccc32)SC1=S. The number of ether oxygens (including phenoxy) is 1. The smallest absolute Gasteiger partial charge is 0.267 e. The molecule has 2 aromatic carbocycles. The highest BCUT2D eigenvalue weighted by Crippen LogP contribution is 2.44. The maximum Gasteiger partial charge on any atom is 0.267 e. The Kier molecular flexibility index (Phi) is 6.69. The van der Waals surface area contributed by atoms with Crippen LogP contribution in [0.5, 0.6) is 0 Å². The summed E-state index contributed by atoms with van der Waals surface area (Å²) in [5.74, 6) is -0.982. The molecule has 0 atom stereocenters. The van der Waals surface area contributed by atoms with Gasteiger partial charge in [-0.25, -0.2) is 0 Å². The maximum absolute atomic E-state index is 13.4. The second kappa shape index (κ2) is 9.64. The fraction of sp³-hybridized carbons (Fsp3) is 0.217. The summed E-state index contributed by atoms with van der Waals surface area (Å²) in [7, 11) is 1.55. The minimum atomic E-state index is -0.381. The van der Waals surface area contributed by atoms with Gasteiger partial charge in [0, 0.05) is 19.2 Å². The average Bonchev–Trinajstić information content (AvgIpc) is 3.23. The molecule has 2 aliphatic heterocycles. The molecule has 0 spiro atoms. The topological polar surface area (TPSA) is 79.0 Å². The molecule has 2 aromatic rings. The molecule has 1 N–H and O–H groups in total. The second-order valence-corrected chi connectivity index (χ2v) is 8.84. The first-order chi connectivity index (χ1) is 15.5. The van der Waals surface area contributed by atoms with Crippen LogP contribution < -0.4 is 10.2 Å². The molecule has 7 nitrogen and oxygen atoms in total. The van der Waals surface area contributed by atoms with Crippen molar-refractivity contribution < 1.29 is 19.1 Å². The van der Waals surface area contributed by atoms with Gasteiger partial charge in [-0.15, -0.1) is 0 Å². The molecule has 0 saturated carbocycles. The van der Waals surface area contributed by atoms with E-state index in [1.165, 1.54) is 9.80 Å². The highest BCUT2D eigenvalue weighted by Gasteiger charge is 2.42. The second-order valence-electron chi connectivity index (χ2n) is 7.19. The van der Waals surface area contributed by atoms with E-state index in [2.05, 4.69) is 5.32 Å². The number of carbonyl (C=O) groups is 3. The average molecular weight is 468 g/mol. The number of amides is 3. The molecule has 0 aliphatic carbocycles. The van der Waals surface area contributed by atoms with Gasteiger partial charge in [0.2, 0.25) is 5.91 Å². The van der Waals surface area contributed by atoms with Crippen molar-refractivity contribution in [3.8, 4) is 0 Å². The predicted octanol–water partition coefficient (Wildman–Crippen LogP) is 2.57. The summed E-state index contributed by atoms with van der Waals surface area (Å²) in [6.45, 7) is 0.886. The Labute approximate surface area is 195 Å². The molecule has 0 bridgehead atoms. The van der Waals surface area contributed by atoms with Crippen molar-refractivity contribution in [3.63, 3.8) is 0 Å². The summed E-state index contributed by atoms with van der Waals surface area (Å²) in [6.07, 6.45) is 0. The Bertz CT molecular complexity index is 1120. The van der Waals surface area contributed by atoms with E-state index >= 15 is 0 Å². The molecule has 1 fully saturated rings. The Hall–Kier alpha value is -3.01. The molecule has 1 saturated heterocycles. The number of carbonyl (C=O) groups excluding carboxylic acids is 3. The minimum Gasteiger partial charge on any atom is -0.383 e. The van der Waals surface area contributed by atoms with Gasteiger partial charge in [-0.3, -0.25) is 24.2 Å². The fourth-order valence-corrected chi connectivity index (χ4v) is 4.96. The fourth-order valence-electron chi connectivity index (χ4n) is 3.58. The van der Waals surface area contributed by atoms with Crippen molar-refractivity contribution in [2.45, 2.75) is 6.54 Å². The van der Waals surface area contributed by atoms with E-state index in [0.717, 1.165) is 17.3 Å². The number of thioether (sulfide) groups is 1. The summed E-state index contributed by atoms with van der Waals surface area (Å²) < 4.78 is 5.44. The van der Waals surface area contributed by atoms with Crippen LogP contribution in [0.4, 0.5) is 5.69 Å². The van der Waals surface area contributed by atoms with Crippen LogP contribution in [0.3, 0.4) is 0 Å². The lowest BCUT2D eigenvalue weighted by molar-refractivity contribution is -0.123. The predicted molar refractivity (Wildman–Crippen MR) is 128 cm³/mol. The number of anilines is 1. The van der Waals surface area contributed by atoms with Crippen LogP contribution in [0.1, 0.15) is 11.1 Å². The normalized spacial score (nSPS) is 17.8. The van der Waals surface area contributed by atoms with Crippen LogP contribution in [-0.4, -0.2) is 53.7 Å². The third kappa shape index (κ3) is 4.32. The van der Waals surface area contributed by atoms with Crippen LogP contribution >= 0.6 is 24.0 Å². The van der Waals surface area contributed by atoms with E-state index in [-0.39, 0.29) is 34.7 Å². The van der Waals surface area contributed by atoms with Crippen LogP contribution in [0.25, 0.3) is 5.57 Å². The zero-order chi connectivity index (χ0) is 22.7. The van der Waals surface area contributed by atoms with Crippen molar-refractivity contribution in [1.82, 2.24) is 10.2 Å². The van der Waals surface area contributed by atoms with E-state index < -0.39 is 0 Å². The zero-order valence-electron chi connectivity index (χ0n) is 17.4. The van der Waals surface area contributed by atoms with Crippen LogP contribution in [0.2, 0.25) is 0 Å². The lowest BCUT2D eigenvalue weighted by Gasteiger charge is -2.17. The largest absolute Gasteiger partial charge is 0.383 e. The molecule has 0 aromatic heterocycles. The summed E-state index contributed by atoms with van der Waals surface area (Å²) in [4.78, 5) is 42.1.